The summed E-state index contributed by atoms with van der Waals surface area (Å²) >= 11 is 0. The van der Waals surface area contributed by atoms with Crippen LogP contribution in [0.2, 0.25) is 0 Å². The molecular weight excluding hydrogens is 472 g/mol. The number of ether oxygens (including phenoxy) is 3. The van der Waals surface area contributed by atoms with Gasteiger partial charge in [-0.05, 0) is 36.2 Å². The fourth-order valence-corrected chi connectivity index (χ4v) is 4.75. The van der Waals surface area contributed by atoms with Gasteiger partial charge in [0.1, 0.15) is 17.3 Å². The monoisotopic (exact) mass is 508 g/mol. The van der Waals surface area contributed by atoms with E-state index in [-0.39, 0.29) is 11.3 Å². The van der Waals surface area contributed by atoms with E-state index in [0.29, 0.717) is 44.2 Å². The number of aliphatic hydroxyl groups is 1. The lowest BCUT2D eigenvalue weighted by molar-refractivity contribution is -0.140. The first-order chi connectivity index (χ1) is 18.0. The largest absolute Gasteiger partial charge is 0.507 e. The summed E-state index contributed by atoms with van der Waals surface area (Å²) < 4.78 is 16.6. The van der Waals surface area contributed by atoms with Crippen LogP contribution in [0.1, 0.15) is 43.4 Å². The number of carbonyl (C=O) groups is 2. The number of likely N-dealkylation sites (tertiary alicyclic amines) is 1. The van der Waals surface area contributed by atoms with Crippen LogP contribution in [0.5, 0.6) is 11.5 Å². The van der Waals surface area contributed by atoms with E-state index >= 15 is 0 Å². The van der Waals surface area contributed by atoms with Crippen molar-refractivity contribution in [1.29, 1.82) is 0 Å². The molecule has 2 fully saturated rings. The Labute approximate surface area is 218 Å². The van der Waals surface area contributed by atoms with E-state index in [4.69, 9.17) is 14.2 Å². The molecule has 0 aliphatic carbocycles. The van der Waals surface area contributed by atoms with Crippen molar-refractivity contribution in [3.63, 3.8) is 0 Å². The molecule has 37 heavy (non-hydrogen) atoms. The highest BCUT2D eigenvalue weighted by Gasteiger charge is 2.46. The van der Waals surface area contributed by atoms with Gasteiger partial charge in [-0.15, -0.1) is 0 Å². The number of unbranched alkanes of at least 4 members (excludes halogenated alkanes) is 2. The third-order valence-corrected chi connectivity index (χ3v) is 6.86. The number of aliphatic hydroxyl groups excluding tert-OH is 1. The smallest absolute Gasteiger partial charge is 0.295 e. The molecule has 2 aromatic carbocycles. The highest BCUT2D eigenvalue weighted by molar-refractivity contribution is 6.46. The van der Waals surface area contributed by atoms with Gasteiger partial charge in [-0.25, -0.2) is 0 Å². The van der Waals surface area contributed by atoms with Crippen molar-refractivity contribution in [2.24, 2.45) is 0 Å². The van der Waals surface area contributed by atoms with Gasteiger partial charge in [-0.3, -0.25) is 14.5 Å². The second kappa shape index (κ2) is 12.7. The van der Waals surface area contributed by atoms with Crippen LogP contribution in [0.4, 0.5) is 0 Å². The average Bonchev–Trinajstić information content (AvgIpc) is 3.19. The Kier molecular flexibility index (Phi) is 9.19. The van der Waals surface area contributed by atoms with Crippen molar-refractivity contribution < 1.29 is 28.9 Å². The number of rotatable bonds is 11. The molecule has 8 heteroatoms. The molecule has 0 spiro atoms. The molecule has 2 aliphatic heterocycles. The molecule has 1 unspecified atom stereocenters. The molecule has 0 radical (unpaired) electrons. The molecule has 1 atom stereocenters. The van der Waals surface area contributed by atoms with Crippen molar-refractivity contribution in [3.05, 3.63) is 65.2 Å². The van der Waals surface area contributed by atoms with Gasteiger partial charge in [0, 0.05) is 31.7 Å². The Morgan fingerprint density at radius 2 is 1.78 bits per heavy atom. The van der Waals surface area contributed by atoms with Crippen LogP contribution in [0, 0.1) is 0 Å². The maximum atomic E-state index is 13.3. The van der Waals surface area contributed by atoms with Crippen molar-refractivity contribution in [2.75, 3.05) is 53.1 Å². The van der Waals surface area contributed by atoms with Crippen molar-refractivity contribution >= 4 is 17.4 Å². The highest BCUT2D eigenvalue weighted by Crippen LogP contribution is 2.40. The molecule has 2 heterocycles. The third kappa shape index (κ3) is 6.32. The Morgan fingerprint density at radius 3 is 2.49 bits per heavy atom. The zero-order chi connectivity index (χ0) is 26.2. The summed E-state index contributed by atoms with van der Waals surface area (Å²) in [5, 5.41) is 11.3. The lowest BCUT2D eigenvalue weighted by Gasteiger charge is -2.31. The topological polar surface area (TPSA) is 88.5 Å². The van der Waals surface area contributed by atoms with Crippen LogP contribution in [-0.4, -0.2) is 79.7 Å². The number of benzene rings is 2. The number of carbonyl (C=O) groups excluding carboxylic acids is 2. The number of amides is 1. The minimum atomic E-state index is -0.707. The average molecular weight is 509 g/mol. The van der Waals surface area contributed by atoms with Crippen LogP contribution in [0.15, 0.2) is 54.1 Å². The standard InChI is InChI=1S/C29H36N2O6/c1-3-4-5-17-37-23-11-9-21(10-12-23)26-25(27(32)22-7-6-8-24(20-22)35-2)28(33)29(34)31(26)14-13-30-15-18-36-19-16-30/h6-12,20,26,32H,3-5,13-19H2,1-2H3/b27-25+. The van der Waals surface area contributed by atoms with Gasteiger partial charge in [-0.1, -0.05) is 44.0 Å². The van der Waals surface area contributed by atoms with Crippen LogP contribution in [0.25, 0.3) is 5.76 Å². The summed E-state index contributed by atoms with van der Waals surface area (Å²) in [7, 11) is 1.54. The van der Waals surface area contributed by atoms with E-state index in [9.17, 15) is 14.7 Å². The Bertz CT molecular complexity index is 1110. The fraction of sp³-hybridized carbons (Fsp3) is 0.448. The van der Waals surface area contributed by atoms with Crippen LogP contribution >= 0.6 is 0 Å². The third-order valence-electron chi connectivity index (χ3n) is 6.86. The van der Waals surface area contributed by atoms with Gasteiger partial charge in [0.05, 0.1) is 38.5 Å². The van der Waals surface area contributed by atoms with E-state index in [1.165, 1.54) is 7.11 Å². The molecule has 8 nitrogen and oxygen atoms in total. The normalized spacial score (nSPS) is 19.8. The summed E-state index contributed by atoms with van der Waals surface area (Å²) in [5.41, 5.74) is 1.25. The van der Waals surface area contributed by atoms with Crippen molar-refractivity contribution in [2.45, 2.75) is 32.2 Å². The number of Topliss-reactive ketones (excluding diaryl/α,β-unsaturated/α-hetero) is 1. The summed E-state index contributed by atoms with van der Waals surface area (Å²) in [6, 6.07) is 13.6. The van der Waals surface area contributed by atoms with E-state index in [1.54, 1.807) is 29.2 Å². The number of ketones is 1. The summed E-state index contributed by atoms with van der Waals surface area (Å²) in [5.74, 6) is -0.226. The number of morpholine rings is 1. The molecule has 2 saturated heterocycles. The van der Waals surface area contributed by atoms with Gasteiger partial charge in [0.2, 0.25) is 0 Å². The Balaban J connectivity index is 1.66. The number of hydrogen-bond donors (Lipinski definition) is 1. The number of hydrogen-bond acceptors (Lipinski definition) is 7. The first-order valence-electron chi connectivity index (χ1n) is 13.0. The lowest BCUT2D eigenvalue weighted by atomic mass is 9.95. The molecule has 2 aromatic rings. The SMILES string of the molecule is CCCCCOc1ccc(C2/C(=C(\O)c3cccc(OC)c3)C(=O)C(=O)N2CCN2CCOCC2)cc1. The molecule has 0 bridgehead atoms. The van der Waals surface area contributed by atoms with Gasteiger partial charge in [0.25, 0.3) is 11.7 Å². The maximum Gasteiger partial charge on any atom is 0.295 e. The number of methoxy groups -OCH3 is 1. The van der Waals surface area contributed by atoms with Gasteiger partial charge in [-0.2, -0.15) is 0 Å². The van der Waals surface area contributed by atoms with Gasteiger partial charge < -0.3 is 24.2 Å². The zero-order valence-electron chi connectivity index (χ0n) is 21.7. The van der Waals surface area contributed by atoms with E-state index in [2.05, 4.69) is 11.8 Å². The zero-order valence-corrected chi connectivity index (χ0v) is 21.7. The molecule has 0 aromatic heterocycles. The molecule has 1 amide bonds. The molecule has 2 aliphatic rings. The first-order valence-corrected chi connectivity index (χ1v) is 13.0. The van der Waals surface area contributed by atoms with Gasteiger partial charge >= 0.3 is 0 Å². The van der Waals surface area contributed by atoms with Gasteiger partial charge in [0.15, 0.2) is 0 Å². The van der Waals surface area contributed by atoms with Crippen LogP contribution < -0.4 is 9.47 Å². The molecule has 1 N–H and O–H groups in total. The quantitative estimate of drug-likeness (QED) is 0.212. The van der Waals surface area contributed by atoms with Crippen molar-refractivity contribution in [3.8, 4) is 11.5 Å². The van der Waals surface area contributed by atoms with E-state index < -0.39 is 17.7 Å². The van der Waals surface area contributed by atoms with Crippen molar-refractivity contribution in [1.82, 2.24) is 9.80 Å². The second-order valence-corrected chi connectivity index (χ2v) is 9.30. The molecule has 198 valence electrons. The minimum Gasteiger partial charge on any atom is -0.507 e. The predicted molar refractivity (Wildman–Crippen MR) is 141 cm³/mol. The predicted octanol–water partition coefficient (Wildman–Crippen LogP) is 4.02. The first kappa shape index (κ1) is 26.7. The van der Waals surface area contributed by atoms with Crippen LogP contribution in [0.3, 0.4) is 0 Å². The summed E-state index contributed by atoms with van der Waals surface area (Å²) in [6.07, 6.45) is 3.22. The van der Waals surface area contributed by atoms with Crippen LogP contribution in [-0.2, 0) is 14.3 Å². The maximum absolute atomic E-state index is 13.3. The summed E-state index contributed by atoms with van der Waals surface area (Å²) in [6.45, 7) is 6.63. The fourth-order valence-electron chi connectivity index (χ4n) is 4.75. The lowest BCUT2D eigenvalue weighted by Crippen LogP contribution is -2.42. The Morgan fingerprint density at radius 1 is 1.03 bits per heavy atom. The molecular formula is C29H36N2O6. The minimum absolute atomic E-state index is 0.0804. The molecule has 0 saturated carbocycles. The number of nitrogens with zero attached hydrogens (tertiary/aromatic N) is 2. The van der Waals surface area contributed by atoms with E-state index in [1.807, 2.05) is 24.3 Å². The molecule has 4 rings (SSSR count). The summed E-state index contributed by atoms with van der Waals surface area (Å²) in [4.78, 5) is 30.3. The Hall–Kier alpha value is -3.36. The highest BCUT2D eigenvalue weighted by atomic mass is 16.5. The second-order valence-electron chi connectivity index (χ2n) is 9.30. The van der Waals surface area contributed by atoms with E-state index in [0.717, 1.165) is 43.7 Å².